The van der Waals surface area contributed by atoms with Crippen LogP contribution in [0.1, 0.15) is 5.69 Å². The predicted molar refractivity (Wildman–Crippen MR) is 66.0 cm³/mol. The molecule has 1 heterocycles. The fourth-order valence-electron chi connectivity index (χ4n) is 1.33. The van der Waals surface area contributed by atoms with Crippen LogP contribution in [-0.4, -0.2) is 17.4 Å². The number of halogens is 2. The van der Waals surface area contributed by atoms with Gasteiger partial charge in [0.05, 0.1) is 10.7 Å². The number of imidazole rings is 1. The third-order valence-corrected chi connectivity index (χ3v) is 4.47. The molecule has 0 aliphatic rings. The number of aryl methyl sites for hydroxylation is 1. The van der Waals surface area contributed by atoms with Crippen molar-refractivity contribution >= 4 is 33.2 Å². The zero-order valence-electron chi connectivity index (χ0n) is 8.76. The molecule has 1 aromatic carbocycles. The van der Waals surface area contributed by atoms with E-state index in [0.717, 1.165) is 3.97 Å². The minimum atomic E-state index is -3.70. The molecule has 2 rings (SSSR count). The predicted octanol–water partition coefficient (Wildman–Crippen LogP) is 2.74. The van der Waals surface area contributed by atoms with Gasteiger partial charge in [-0.2, -0.15) is 0 Å². The van der Waals surface area contributed by atoms with Crippen LogP contribution in [0.5, 0.6) is 0 Å². The second-order valence-corrected chi connectivity index (χ2v) is 6.08. The Bertz CT molecular complexity index is 665. The lowest BCUT2D eigenvalue weighted by Gasteiger charge is -2.06. The fraction of sp³-hybridized carbons (Fsp3) is 0.100. The van der Waals surface area contributed by atoms with Crippen molar-refractivity contribution in [2.75, 3.05) is 0 Å². The molecule has 0 unspecified atom stereocenters. The summed E-state index contributed by atoms with van der Waals surface area (Å²) < 4.78 is 25.4. The first-order valence-electron chi connectivity index (χ1n) is 4.62. The highest BCUT2D eigenvalue weighted by atomic mass is 35.5. The summed E-state index contributed by atoms with van der Waals surface area (Å²) in [5.74, 6) is 0. The largest absolute Gasteiger partial charge is 0.270 e. The zero-order valence-corrected chi connectivity index (χ0v) is 11.1. The molecule has 0 saturated carbocycles. The lowest BCUT2D eigenvalue weighted by Crippen LogP contribution is -2.11. The average Bonchev–Trinajstić information content (AvgIpc) is 2.64. The Morgan fingerprint density at radius 3 is 2.53 bits per heavy atom. The maximum absolute atomic E-state index is 12.2. The first kappa shape index (κ1) is 12.4. The minimum absolute atomic E-state index is 0.000895. The molecule has 0 aliphatic heterocycles. The molecule has 4 nitrogen and oxygen atoms in total. The molecule has 0 fully saturated rings. The maximum Gasteiger partial charge on any atom is 0.270 e. The highest BCUT2D eigenvalue weighted by molar-refractivity contribution is 7.90. The Kier molecular flexibility index (Phi) is 3.16. The molecule has 0 aliphatic carbocycles. The van der Waals surface area contributed by atoms with E-state index in [2.05, 4.69) is 4.98 Å². The standard InChI is InChI=1S/C10H8Cl2N2O2S/c1-7-5-14(6-13-7)17(15,16)10-3-2-8(11)4-9(10)12/h2-6H,1H3. The van der Waals surface area contributed by atoms with Crippen LogP contribution in [0.3, 0.4) is 0 Å². The van der Waals surface area contributed by atoms with E-state index in [1.54, 1.807) is 6.92 Å². The van der Waals surface area contributed by atoms with Crippen molar-refractivity contribution in [3.05, 3.63) is 46.5 Å². The molecule has 0 amide bonds. The first-order valence-corrected chi connectivity index (χ1v) is 6.82. The van der Waals surface area contributed by atoms with Crippen molar-refractivity contribution in [2.24, 2.45) is 0 Å². The van der Waals surface area contributed by atoms with Crippen LogP contribution in [0.25, 0.3) is 0 Å². The molecule has 90 valence electrons. The van der Waals surface area contributed by atoms with Crippen LogP contribution in [0.15, 0.2) is 35.6 Å². The smallest absolute Gasteiger partial charge is 0.241 e. The van der Waals surface area contributed by atoms with Crippen molar-refractivity contribution in [1.29, 1.82) is 0 Å². The topological polar surface area (TPSA) is 52.0 Å². The lowest BCUT2D eigenvalue weighted by molar-refractivity contribution is 0.587. The molecule has 0 saturated heterocycles. The SMILES string of the molecule is Cc1cn(S(=O)(=O)c2ccc(Cl)cc2Cl)cn1. The first-order chi connectivity index (χ1) is 7.91. The van der Waals surface area contributed by atoms with Crippen molar-refractivity contribution < 1.29 is 8.42 Å². The third kappa shape index (κ3) is 2.31. The van der Waals surface area contributed by atoms with Gasteiger partial charge in [0.15, 0.2) is 0 Å². The Morgan fingerprint density at radius 2 is 2.00 bits per heavy atom. The van der Waals surface area contributed by atoms with E-state index in [1.807, 2.05) is 0 Å². The van der Waals surface area contributed by atoms with Gasteiger partial charge in [0.1, 0.15) is 11.2 Å². The van der Waals surface area contributed by atoms with E-state index >= 15 is 0 Å². The van der Waals surface area contributed by atoms with Crippen LogP contribution in [0.2, 0.25) is 10.0 Å². The van der Waals surface area contributed by atoms with Crippen LogP contribution in [0, 0.1) is 6.92 Å². The summed E-state index contributed by atoms with van der Waals surface area (Å²) in [5, 5.41) is 0.472. The van der Waals surface area contributed by atoms with Crippen molar-refractivity contribution in [3.8, 4) is 0 Å². The Hall–Kier alpha value is -1.04. The van der Waals surface area contributed by atoms with E-state index < -0.39 is 10.0 Å². The number of nitrogens with zero attached hydrogens (tertiary/aromatic N) is 2. The number of rotatable bonds is 2. The molecule has 1 aromatic heterocycles. The molecule has 0 spiro atoms. The summed E-state index contributed by atoms with van der Waals surface area (Å²) in [4.78, 5) is 3.87. The van der Waals surface area contributed by atoms with Crippen LogP contribution >= 0.6 is 23.2 Å². The van der Waals surface area contributed by atoms with Crippen molar-refractivity contribution in [3.63, 3.8) is 0 Å². The van der Waals surface area contributed by atoms with Gasteiger partial charge in [-0.05, 0) is 25.1 Å². The molecule has 7 heteroatoms. The van der Waals surface area contributed by atoms with Crippen LogP contribution < -0.4 is 0 Å². The quantitative estimate of drug-likeness (QED) is 0.855. The van der Waals surface area contributed by atoms with Gasteiger partial charge in [0, 0.05) is 11.2 Å². The van der Waals surface area contributed by atoms with Gasteiger partial charge in [-0.15, -0.1) is 0 Å². The fourth-order valence-corrected chi connectivity index (χ4v) is 3.26. The Balaban J connectivity index is 2.60. The van der Waals surface area contributed by atoms with Gasteiger partial charge in [0.2, 0.25) is 0 Å². The van der Waals surface area contributed by atoms with Crippen LogP contribution in [-0.2, 0) is 10.0 Å². The van der Waals surface area contributed by atoms with Crippen molar-refractivity contribution in [1.82, 2.24) is 8.96 Å². The zero-order chi connectivity index (χ0) is 12.6. The average molecular weight is 291 g/mol. The second-order valence-electron chi connectivity index (χ2n) is 3.42. The summed E-state index contributed by atoms with van der Waals surface area (Å²) in [7, 11) is -3.70. The van der Waals surface area contributed by atoms with E-state index in [4.69, 9.17) is 23.2 Å². The van der Waals surface area contributed by atoms with Crippen molar-refractivity contribution in [2.45, 2.75) is 11.8 Å². The monoisotopic (exact) mass is 290 g/mol. The number of hydrogen-bond acceptors (Lipinski definition) is 3. The number of hydrogen-bond donors (Lipinski definition) is 0. The molecule has 0 N–H and O–H groups in total. The maximum atomic E-state index is 12.2. The molecule has 0 bridgehead atoms. The van der Waals surface area contributed by atoms with Gasteiger partial charge in [-0.25, -0.2) is 17.4 Å². The molecule has 2 aromatic rings. The van der Waals surface area contributed by atoms with E-state index in [-0.39, 0.29) is 9.92 Å². The molecular weight excluding hydrogens is 283 g/mol. The lowest BCUT2D eigenvalue weighted by atomic mass is 10.4. The van der Waals surface area contributed by atoms with E-state index in [1.165, 1.54) is 30.7 Å². The molecule has 0 atom stereocenters. The second kappa shape index (κ2) is 4.33. The Morgan fingerprint density at radius 1 is 1.29 bits per heavy atom. The molecular formula is C10H8Cl2N2O2S. The number of aromatic nitrogens is 2. The Labute approximate surface area is 109 Å². The summed E-state index contributed by atoms with van der Waals surface area (Å²) in [5.41, 5.74) is 0.610. The van der Waals surface area contributed by atoms with E-state index in [9.17, 15) is 8.42 Å². The minimum Gasteiger partial charge on any atom is -0.241 e. The van der Waals surface area contributed by atoms with Gasteiger partial charge in [-0.3, -0.25) is 0 Å². The number of benzene rings is 1. The summed E-state index contributed by atoms with van der Waals surface area (Å²) in [6, 6.07) is 4.24. The molecule has 0 radical (unpaired) electrons. The third-order valence-electron chi connectivity index (χ3n) is 2.14. The molecule has 17 heavy (non-hydrogen) atoms. The summed E-state index contributed by atoms with van der Waals surface area (Å²) in [6.45, 7) is 1.70. The van der Waals surface area contributed by atoms with Gasteiger partial charge >= 0.3 is 0 Å². The summed E-state index contributed by atoms with van der Waals surface area (Å²) >= 11 is 11.6. The van der Waals surface area contributed by atoms with Crippen LogP contribution in [0.4, 0.5) is 0 Å². The van der Waals surface area contributed by atoms with Gasteiger partial charge in [-0.1, -0.05) is 23.2 Å². The summed E-state index contributed by atoms with van der Waals surface area (Å²) in [6.07, 6.45) is 2.65. The normalized spacial score (nSPS) is 11.7. The highest BCUT2D eigenvalue weighted by Gasteiger charge is 2.20. The van der Waals surface area contributed by atoms with Gasteiger partial charge < -0.3 is 0 Å². The van der Waals surface area contributed by atoms with Gasteiger partial charge in [0.25, 0.3) is 10.0 Å². The van der Waals surface area contributed by atoms with E-state index in [0.29, 0.717) is 10.7 Å². The highest BCUT2D eigenvalue weighted by Crippen LogP contribution is 2.26.